The SMILES string of the molecule is CC1(C)CCCCC1(O)Cc1nc(-c2ccccc2)cs1. The number of hydrogen-bond donors (Lipinski definition) is 1. The summed E-state index contributed by atoms with van der Waals surface area (Å²) in [5.41, 5.74) is 1.53. The smallest absolute Gasteiger partial charge is 0.0961 e. The van der Waals surface area contributed by atoms with Crippen molar-refractivity contribution in [2.45, 2.75) is 51.6 Å². The van der Waals surface area contributed by atoms with Crippen LogP contribution >= 0.6 is 11.3 Å². The Morgan fingerprint density at radius 2 is 1.86 bits per heavy atom. The zero-order chi connectivity index (χ0) is 14.9. The molecule has 1 saturated carbocycles. The Labute approximate surface area is 130 Å². The Bertz CT molecular complexity index is 605. The standard InChI is InChI=1S/C18H23NOS/c1-17(2)10-6-7-11-18(17,20)12-16-19-15(13-21-16)14-8-4-3-5-9-14/h3-5,8-9,13,20H,6-7,10-12H2,1-2H3. The molecule has 1 N–H and O–H groups in total. The van der Waals surface area contributed by atoms with Crippen LogP contribution < -0.4 is 0 Å². The molecule has 0 amide bonds. The summed E-state index contributed by atoms with van der Waals surface area (Å²) in [5, 5.41) is 14.2. The maximum Gasteiger partial charge on any atom is 0.0961 e. The third kappa shape index (κ3) is 2.90. The van der Waals surface area contributed by atoms with Crippen molar-refractivity contribution in [2.75, 3.05) is 0 Å². The molecule has 3 heteroatoms. The number of hydrogen-bond acceptors (Lipinski definition) is 3. The molecule has 0 aliphatic heterocycles. The topological polar surface area (TPSA) is 33.1 Å². The molecule has 0 saturated heterocycles. The maximum absolute atomic E-state index is 11.1. The van der Waals surface area contributed by atoms with Crippen molar-refractivity contribution in [3.8, 4) is 11.3 Å². The van der Waals surface area contributed by atoms with Crippen molar-refractivity contribution in [2.24, 2.45) is 5.41 Å². The minimum atomic E-state index is -0.614. The highest BCUT2D eigenvalue weighted by molar-refractivity contribution is 7.09. The van der Waals surface area contributed by atoms with Crippen LogP contribution in [0.3, 0.4) is 0 Å². The Balaban J connectivity index is 1.81. The fraction of sp³-hybridized carbons (Fsp3) is 0.500. The number of aromatic nitrogens is 1. The molecule has 2 aromatic rings. The van der Waals surface area contributed by atoms with Crippen LogP contribution in [0.4, 0.5) is 0 Å². The van der Waals surface area contributed by atoms with E-state index in [0.29, 0.717) is 6.42 Å². The summed E-state index contributed by atoms with van der Waals surface area (Å²) in [4.78, 5) is 4.74. The fourth-order valence-corrected chi connectivity index (χ4v) is 4.18. The van der Waals surface area contributed by atoms with Gasteiger partial charge in [-0.05, 0) is 18.3 Å². The third-order valence-corrected chi connectivity index (χ3v) is 5.82. The summed E-state index contributed by atoms with van der Waals surface area (Å²) in [7, 11) is 0. The first-order valence-electron chi connectivity index (χ1n) is 7.72. The summed E-state index contributed by atoms with van der Waals surface area (Å²) in [5.74, 6) is 0. The predicted octanol–water partition coefficient (Wildman–Crippen LogP) is 4.68. The molecule has 112 valence electrons. The van der Waals surface area contributed by atoms with Gasteiger partial charge >= 0.3 is 0 Å². The molecule has 2 nitrogen and oxygen atoms in total. The lowest BCUT2D eigenvalue weighted by Gasteiger charge is -2.46. The van der Waals surface area contributed by atoms with E-state index in [1.54, 1.807) is 11.3 Å². The lowest BCUT2D eigenvalue weighted by Crippen LogP contribution is -2.48. The second-order valence-corrected chi connectivity index (χ2v) is 7.73. The molecule has 0 bridgehead atoms. The van der Waals surface area contributed by atoms with Gasteiger partial charge in [0.1, 0.15) is 0 Å². The van der Waals surface area contributed by atoms with Crippen molar-refractivity contribution in [1.29, 1.82) is 0 Å². The van der Waals surface area contributed by atoms with Gasteiger partial charge in [-0.2, -0.15) is 0 Å². The van der Waals surface area contributed by atoms with E-state index in [1.165, 1.54) is 6.42 Å². The van der Waals surface area contributed by atoms with E-state index in [4.69, 9.17) is 4.98 Å². The summed E-state index contributed by atoms with van der Waals surface area (Å²) in [6.45, 7) is 4.38. The van der Waals surface area contributed by atoms with Crippen LogP contribution in [0.15, 0.2) is 35.7 Å². The lowest BCUT2D eigenvalue weighted by molar-refractivity contribution is -0.0958. The summed E-state index contributed by atoms with van der Waals surface area (Å²) in [6.07, 6.45) is 5.01. The first kappa shape index (κ1) is 14.7. The van der Waals surface area contributed by atoms with E-state index in [-0.39, 0.29) is 5.41 Å². The van der Waals surface area contributed by atoms with Gasteiger partial charge in [0.15, 0.2) is 0 Å². The van der Waals surface area contributed by atoms with E-state index in [1.807, 2.05) is 18.2 Å². The predicted molar refractivity (Wildman–Crippen MR) is 88.5 cm³/mol. The second-order valence-electron chi connectivity index (χ2n) is 6.79. The van der Waals surface area contributed by atoms with Crippen molar-refractivity contribution < 1.29 is 5.11 Å². The molecule has 0 spiro atoms. The van der Waals surface area contributed by atoms with Gasteiger partial charge in [-0.3, -0.25) is 0 Å². The van der Waals surface area contributed by atoms with E-state index >= 15 is 0 Å². The summed E-state index contributed by atoms with van der Waals surface area (Å²) >= 11 is 1.67. The van der Waals surface area contributed by atoms with Crippen LogP contribution in [0, 0.1) is 5.41 Å². The molecule has 1 heterocycles. The molecule has 1 atom stereocenters. The quantitative estimate of drug-likeness (QED) is 0.892. The first-order valence-corrected chi connectivity index (χ1v) is 8.60. The minimum Gasteiger partial charge on any atom is -0.389 e. The minimum absolute atomic E-state index is 0.0240. The van der Waals surface area contributed by atoms with E-state index in [2.05, 4.69) is 31.4 Å². The van der Waals surface area contributed by atoms with Crippen LogP contribution in [0.2, 0.25) is 0 Å². The Kier molecular flexibility index (Phi) is 3.89. The Hall–Kier alpha value is -1.19. The zero-order valence-electron chi connectivity index (χ0n) is 12.8. The summed E-state index contributed by atoms with van der Waals surface area (Å²) in [6, 6.07) is 10.2. The van der Waals surface area contributed by atoms with Crippen molar-refractivity contribution in [3.05, 3.63) is 40.7 Å². The van der Waals surface area contributed by atoms with Crippen LogP contribution in [0.1, 0.15) is 44.5 Å². The van der Waals surface area contributed by atoms with Crippen LogP contribution in [-0.2, 0) is 6.42 Å². The summed E-state index contributed by atoms with van der Waals surface area (Å²) < 4.78 is 0. The zero-order valence-corrected chi connectivity index (χ0v) is 13.6. The monoisotopic (exact) mass is 301 g/mol. The molecule has 1 fully saturated rings. The van der Waals surface area contributed by atoms with Crippen LogP contribution in [0.5, 0.6) is 0 Å². The van der Waals surface area contributed by atoms with Gasteiger partial charge in [0.25, 0.3) is 0 Å². The molecule has 21 heavy (non-hydrogen) atoms. The molecule has 1 aromatic carbocycles. The number of nitrogens with zero attached hydrogens (tertiary/aromatic N) is 1. The highest BCUT2D eigenvalue weighted by Gasteiger charge is 2.45. The average molecular weight is 301 g/mol. The van der Waals surface area contributed by atoms with E-state index < -0.39 is 5.60 Å². The second kappa shape index (κ2) is 5.54. The number of thiazole rings is 1. The molecule has 3 rings (SSSR count). The van der Waals surface area contributed by atoms with Gasteiger partial charge in [-0.15, -0.1) is 11.3 Å². The maximum atomic E-state index is 11.1. The van der Waals surface area contributed by atoms with Gasteiger partial charge in [0.05, 0.1) is 16.3 Å². The van der Waals surface area contributed by atoms with Gasteiger partial charge in [0.2, 0.25) is 0 Å². The van der Waals surface area contributed by atoms with Crippen molar-refractivity contribution in [1.82, 2.24) is 4.98 Å². The van der Waals surface area contributed by atoms with Crippen molar-refractivity contribution in [3.63, 3.8) is 0 Å². The fourth-order valence-electron chi connectivity index (χ4n) is 3.27. The van der Waals surface area contributed by atoms with Gasteiger partial charge in [0, 0.05) is 17.4 Å². The first-order chi connectivity index (χ1) is 10.0. The number of rotatable bonds is 3. The molecule has 1 aromatic heterocycles. The molecule has 1 unspecified atom stereocenters. The lowest BCUT2D eigenvalue weighted by atomic mass is 9.64. The largest absolute Gasteiger partial charge is 0.389 e. The molecular weight excluding hydrogens is 278 g/mol. The third-order valence-electron chi connectivity index (χ3n) is 4.97. The Morgan fingerprint density at radius 1 is 1.14 bits per heavy atom. The van der Waals surface area contributed by atoms with E-state index in [0.717, 1.165) is 35.5 Å². The van der Waals surface area contributed by atoms with E-state index in [9.17, 15) is 5.11 Å². The number of aliphatic hydroxyl groups is 1. The molecular formula is C18H23NOS. The highest BCUT2D eigenvalue weighted by atomic mass is 32.1. The van der Waals surface area contributed by atoms with Crippen LogP contribution in [-0.4, -0.2) is 15.7 Å². The van der Waals surface area contributed by atoms with Gasteiger partial charge < -0.3 is 5.11 Å². The van der Waals surface area contributed by atoms with Crippen molar-refractivity contribution >= 4 is 11.3 Å². The van der Waals surface area contributed by atoms with Gasteiger partial charge in [-0.1, -0.05) is 57.0 Å². The normalized spacial score (nSPS) is 24.9. The highest BCUT2D eigenvalue weighted by Crippen LogP contribution is 2.45. The van der Waals surface area contributed by atoms with Gasteiger partial charge in [-0.25, -0.2) is 4.98 Å². The molecule has 1 aliphatic rings. The molecule has 0 radical (unpaired) electrons. The average Bonchev–Trinajstić information content (AvgIpc) is 2.92. The number of benzene rings is 1. The molecule has 1 aliphatic carbocycles. The Morgan fingerprint density at radius 3 is 2.57 bits per heavy atom. The van der Waals surface area contributed by atoms with Crippen LogP contribution in [0.25, 0.3) is 11.3 Å².